The maximum atomic E-state index is 14.2. The zero-order valence-corrected chi connectivity index (χ0v) is 19.6. The summed E-state index contributed by atoms with van der Waals surface area (Å²) in [4.78, 5) is 22.0. The van der Waals surface area contributed by atoms with Gasteiger partial charge in [-0.15, -0.1) is 0 Å². The molecule has 0 bridgehead atoms. The van der Waals surface area contributed by atoms with Gasteiger partial charge in [-0.1, -0.05) is 6.07 Å². The average Bonchev–Trinajstić information content (AvgIpc) is 3.09. The predicted molar refractivity (Wildman–Crippen MR) is 125 cm³/mol. The fraction of sp³-hybridized carbons (Fsp3) is 0.360. The van der Waals surface area contributed by atoms with E-state index < -0.39 is 5.54 Å². The number of anilines is 2. The molecule has 4 rings (SSSR count). The lowest BCUT2D eigenvalue weighted by Crippen LogP contribution is -2.54. The number of rotatable bonds is 6. The fourth-order valence-electron chi connectivity index (χ4n) is 4.17. The summed E-state index contributed by atoms with van der Waals surface area (Å²) < 4.78 is 29.7. The number of imidazole rings is 1. The van der Waals surface area contributed by atoms with E-state index in [2.05, 4.69) is 5.32 Å². The van der Waals surface area contributed by atoms with Gasteiger partial charge in [-0.3, -0.25) is 4.79 Å². The maximum absolute atomic E-state index is 14.2. The van der Waals surface area contributed by atoms with Gasteiger partial charge in [0.25, 0.3) is 0 Å². The van der Waals surface area contributed by atoms with Crippen LogP contribution in [0.5, 0.6) is 0 Å². The molecule has 0 unspecified atom stereocenters. The standard InChI is InChI=1S/C25H29F2N5O/c1-16-6-11-19(14-20(16)27)28-23-22(17-7-9-18(26)10-8-17)29-24-25(2,3)32(13-12-30(4)5)21(33)15-31(23)24/h6-11,14,28H,12-13,15H2,1-5H3. The number of halogens is 2. The van der Waals surface area contributed by atoms with E-state index in [1.807, 2.05) is 42.3 Å². The highest BCUT2D eigenvalue weighted by Crippen LogP contribution is 2.39. The van der Waals surface area contributed by atoms with Crippen LogP contribution in [0.2, 0.25) is 0 Å². The number of amides is 1. The Morgan fingerprint density at radius 3 is 2.45 bits per heavy atom. The van der Waals surface area contributed by atoms with Crippen molar-refractivity contribution in [3.8, 4) is 11.3 Å². The largest absolute Gasteiger partial charge is 0.340 e. The summed E-state index contributed by atoms with van der Waals surface area (Å²) in [6, 6.07) is 11.0. The Hall–Kier alpha value is -3.26. The number of likely N-dealkylation sites (N-methyl/N-ethyl adjacent to an activating group) is 1. The van der Waals surface area contributed by atoms with Crippen molar-refractivity contribution in [2.45, 2.75) is 32.9 Å². The number of aromatic nitrogens is 2. The number of carbonyl (C=O) groups excluding carboxylic acids is 1. The molecule has 0 spiro atoms. The van der Waals surface area contributed by atoms with Gasteiger partial charge in [0.05, 0.1) is 5.54 Å². The molecule has 2 heterocycles. The molecule has 0 fully saturated rings. The Bertz CT molecular complexity index is 1180. The molecule has 174 valence electrons. The molecule has 0 aliphatic carbocycles. The van der Waals surface area contributed by atoms with Gasteiger partial charge in [-0.25, -0.2) is 13.8 Å². The number of aryl methyl sites for hydroxylation is 1. The Morgan fingerprint density at radius 2 is 1.82 bits per heavy atom. The zero-order valence-electron chi connectivity index (χ0n) is 19.6. The predicted octanol–water partition coefficient (Wildman–Crippen LogP) is 4.52. The van der Waals surface area contributed by atoms with Gasteiger partial charge in [0.1, 0.15) is 35.5 Å². The van der Waals surface area contributed by atoms with Crippen molar-refractivity contribution in [3.63, 3.8) is 0 Å². The van der Waals surface area contributed by atoms with Crippen LogP contribution in [0.3, 0.4) is 0 Å². The van der Waals surface area contributed by atoms with Crippen LogP contribution in [-0.2, 0) is 16.9 Å². The smallest absolute Gasteiger partial charge is 0.243 e. The minimum Gasteiger partial charge on any atom is -0.340 e. The van der Waals surface area contributed by atoms with Crippen molar-refractivity contribution in [2.75, 3.05) is 32.5 Å². The number of hydrogen-bond acceptors (Lipinski definition) is 4. The molecule has 0 atom stereocenters. The first kappa shape index (κ1) is 22.9. The van der Waals surface area contributed by atoms with Crippen LogP contribution in [0.15, 0.2) is 42.5 Å². The molecule has 1 aromatic heterocycles. The van der Waals surface area contributed by atoms with Crippen LogP contribution in [-0.4, -0.2) is 52.4 Å². The van der Waals surface area contributed by atoms with Crippen LogP contribution >= 0.6 is 0 Å². The van der Waals surface area contributed by atoms with E-state index >= 15 is 0 Å². The monoisotopic (exact) mass is 453 g/mol. The molecular weight excluding hydrogens is 424 g/mol. The van der Waals surface area contributed by atoms with Crippen LogP contribution < -0.4 is 5.32 Å². The van der Waals surface area contributed by atoms with Gasteiger partial charge in [0.2, 0.25) is 5.91 Å². The van der Waals surface area contributed by atoms with Crippen molar-refractivity contribution < 1.29 is 13.6 Å². The molecule has 1 aliphatic rings. The van der Waals surface area contributed by atoms with Gasteiger partial charge in [-0.05, 0) is 76.8 Å². The first-order valence-electron chi connectivity index (χ1n) is 10.9. The Kier molecular flexibility index (Phi) is 5.97. The van der Waals surface area contributed by atoms with E-state index in [9.17, 15) is 13.6 Å². The molecule has 33 heavy (non-hydrogen) atoms. The molecule has 1 amide bonds. The van der Waals surface area contributed by atoms with Gasteiger partial charge < -0.3 is 19.7 Å². The molecule has 0 saturated heterocycles. The van der Waals surface area contributed by atoms with E-state index in [0.717, 1.165) is 12.4 Å². The van der Waals surface area contributed by atoms with Crippen LogP contribution in [0.1, 0.15) is 25.2 Å². The molecule has 3 aromatic rings. The van der Waals surface area contributed by atoms with Crippen molar-refractivity contribution >= 4 is 17.4 Å². The van der Waals surface area contributed by atoms with Gasteiger partial charge >= 0.3 is 0 Å². The third-order valence-electron chi connectivity index (χ3n) is 6.11. The first-order valence-corrected chi connectivity index (χ1v) is 10.9. The Labute approximate surface area is 192 Å². The lowest BCUT2D eigenvalue weighted by molar-refractivity contribution is -0.140. The number of fused-ring (bicyclic) bond motifs is 1. The second-order valence-corrected chi connectivity index (χ2v) is 9.22. The van der Waals surface area contributed by atoms with E-state index in [1.165, 1.54) is 18.2 Å². The second-order valence-electron chi connectivity index (χ2n) is 9.22. The van der Waals surface area contributed by atoms with Crippen molar-refractivity contribution in [3.05, 3.63) is 65.5 Å². The van der Waals surface area contributed by atoms with E-state index in [-0.39, 0.29) is 24.1 Å². The number of nitrogens with zero attached hydrogens (tertiary/aromatic N) is 4. The van der Waals surface area contributed by atoms with E-state index in [4.69, 9.17) is 4.98 Å². The second kappa shape index (κ2) is 8.59. The fourth-order valence-corrected chi connectivity index (χ4v) is 4.17. The molecule has 0 radical (unpaired) electrons. The van der Waals surface area contributed by atoms with Crippen molar-refractivity contribution in [1.29, 1.82) is 0 Å². The third-order valence-corrected chi connectivity index (χ3v) is 6.11. The summed E-state index contributed by atoms with van der Waals surface area (Å²) in [5.41, 5.74) is 1.71. The summed E-state index contributed by atoms with van der Waals surface area (Å²) in [7, 11) is 3.94. The van der Waals surface area contributed by atoms with Gasteiger partial charge in [0.15, 0.2) is 0 Å². The molecule has 0 saturated carbocycles. The Morgan fingerprint density at radius 1 is 1.12 bits per heavy atom. The quantitative estimate of drug-likeness (QED) is 0.596. The summed E-state index contributed by atoms with van der Waals surface area (Å²) in [6.45, 7) is 7.06. The maximum Gasteiger partial charge on any atom is 0.243 e. The van der Waals surface area contributed by atoms with Gasteiger partial charge in [0, 0.05) is 24.3 Å². The van der Waals surface area contributed by atoms with Crippen LogP contribution in [0.25, 0.3) is 11.3 Å². The SMILES string of the molecule is Cc1ccc(Nc2c(-c3ccc(F)cc3)nc3n2CC(=O)N(CCN(C)C)C3(C)C)cc1F. The molecule has 2 aromatic carbocycles. The number of benzene rings is 2. The summed E-state index contributed by atoms with van der Waals surface area (Å²) in [6.07, 6.45) is 0. The molecule has 6 nitrogen and oxygen atoms in total. The molecule has 1 aliphatic heterocycles. The van der Waals surface area contributed by atoms with Crippen LogP contribution in [0, 0.1) is 18.6 Å². The van der Waals surface area contributed by atoms with Gasteiger partial charge in [-0.2, -0.15) is 0 Å². The molecule has 8 heteroatoms. The number of nitrogens with one attached hydrogen (secondary N) is 1. The number of carbonyl (C=O) groups is 1. The molecular formula is C25H29F2N5O. The highest BCUT2D eigenvalue weighted by Gasteiger charge is 2.42. The molecule has 1 N–H and O–H groups in total. The van der Waals surface area contributed by atoms with Crippen LogP contribution in [0.4, 0.5) is 20.3 Å². The minimum atomic E-state index is -0.668. The normalized spacial score (nSPS) is 15.2. The first-order chi connectivity index (χ1) is 15.6. The third kappa shape index (κ3) is 4.35. The van der Waals surface area contributed by atoms with E-state index in [1.54, 1.807) is 31.2 Å². The summed E-state index contributed by atoms with van der Waals surface area (Å²) in [5.74, 6) is 0.607. The van der Waals surface area contributed by atoms with E-state index in [0.29, 0.717) is 34.9 Å². The lowest BCUT2D eigenvalue weighted by atomic mass is 9.98. The average molecular weight is 454 g/mol. The number of hydrogen-bond donors (Lipinski definition) is 1. The highest BCUT2D eigenvalue weighted by molar-refractivity contribution is 5.83. The Balaban J connectivity index is 1.84. The lowest BCUT2D eigenvalue weighted by Gasteiger charge is -2.42. The highest BCUT2D eigenvalue weighted by atomic mass is 19.1. The minimum absolute atomic E-state index is 0.0180. The van der Waals surface area contributed by atoms with Crippen molar-refractivity contribution in [2.24, 2.45) is 0 Å². The van der Waals surface area contributed by atoms with Crippen molar-refractivity contribution in [1.82, 2.24) is 19.4 Å². The zero-order chi connectivity index (χ0) is 23.9. The topological polar surface area (TPSA) is 53.4 Å². The summed E-state index contributed by atoms with van der Waals surface area (Å²) in [5, 5.41) is 3.27. The summed E-state index contributed by atoms with van der Waals surface area (Å²) >= 11 is 0.